The number of halogens is 10. The van der Waals surface area contributed by atoms with Crippen LogP contribution in [0.25, 0.3) is 0 Å². The molecule has 0 amide bonds. The van der Waals surface area contributed by atoms with Gasteiger partial charge in [-0.3, -0.25) is 20.2 Å². The fraction of sp³-hybridized carbons (Fsp3) is 0.172. The lowest BCUT2D eigenvalue weighted by Crippen LogP contribution is -2.54. The largest absolute Gasteiger partial charge is 0.429 e. The van der Waals surface area contributed by atoms with E-state index in [0.717, 1.165) is 48.5 Å². The minimum Gasteiger partial charge on any atom is -0.429 e. The topological polar surface area (TPSA) is 105 Å². The van der Waals surface area contributed by atoms with Gasteiger partial charge in [-0.15, -0.1) is 0 Å². The number of alkyl halides is 10. The van der Waals surface area contributed by atoms with Crippen LogP contribution in [-0.2, 0) is 17.6 Å². The number of hydrogen-bond donors (Lipinski definition) is 0. The van der Waals surface area contributed by atoms with E-state index in [1.807, 2.05) is 0 Å². The fourth-order valence-corrected chi connectivity index (χ4v) is 4.50. The van der Waals surface area contributed by atoms with Gasteiger partial charge in [-0.2, -0.15) is 43.9 Å². The number of nitro groups is 2. The third-order valence-electron chi connectivity index (χ3n) is 6.75. The Balaban J connectivity index is 1.69. The second-order valence-corrected chi connectivity index (χ2v) is 9.64. The van der Waals surface area contributed by atoms with Gasteiger partial charge in [0.1, 0.15) is 11.5 Å². The molecule has 0 fully saturated rings. The first-order valence-corrected chi connectivity index (χ1v) is 12.7. The molecule has 0 aliphatic rings. The number of nitrogens with zero attached hydrogens (tertiary/aromatic N) is 2. The van der Waals surface area contributed by atoms with Gasteiger partial charge in [0.15, 0.2) is 0 Å². The summed E-state index contributed by atoms with van der Waals surface area (Å²) in [6.07, 6.45) is -21.0. The Morgan fingerprint density at radius 3 is 0.915 bits per heavy atom. The van der Waals surface area contributed by atoms with Crippen molar-refractivity contribution in [2.45, 2.75) is 30.0 Å². The summed E-state index contributed by atoms with van der Waals surface area (Å²) in [6, 6.07) is 7.94. The Morgan fingerprint density at radius 1 is 0.426 bits per heavy atom. The fourth-order valence-electron chi connectivity index (χ4n) is 4.50. The van der Waals surface area contributed by atoms with Crippen molar-refractivity contribution >= 4 is 11.4 Å². The first-order valence-electron chi connectivity index (χ1n) is 12.7. The second kappa shape index (κ2) is 12.1. The van der Waals surface area contributed by atoms with Crippen LogP contribution in [0.2, 0.25) is 0 Å². The van der Waals surface area contributed by atoms with Crippen molar-refractivity contribution in [3.8, 4) is 11.5 Å². The summed E-state index contributed by atoms with van der Waals surface area (Å²) in [4.78, 5) is 19.8. The van der Waals surface area contributed by atoms with E-state index in [4.69, 9.17) is 0 Å². The van der Waals surface area contributed by atoms with Crippen LogP contribution < -0.4 is 9.47 Å². The molecule has 0 aliphatic heterocycles. The van der Waals surface area contributed by atoms with Crippen LogP contribution in [0.1, 0.15) is 22.3 Å². The lowest BCUT2D eigenvalue weighted by atomic mass is 9.72. The smallest absolute Gasteiger partial charge is 0.426 e. The molecular formula is C29H16F10N2O6. The van der Waals surface area contributed by atoms with E-state index in [1.54, 1.807) is 0 Å². The Morgan fingerprint density at radius 2 is 0.681 bits per heavy atom. The molecule has 248 valence electrons. The van der Waals surface area contributed by atoms with Crippen molar-refractivity contribution in [3.63, 3.8) is 0 Å². The van der Waals surface area contributed by atoms with E-state index in [1.165, 1.54) is 0 Å². The van der Waals surface area contributed by atoms with Crippen LogP contribution in [0.15, 0.2) is 97.1 Å². The van der Waals surface area contributed by atoms with Gasteiger partial charge < -0.3 is 9.47 Å². The van der Waals surface area contributed by atoms with Gasteiger partial charge >= 0.3 is 24.6 Å². The molecule has 18 heteroatoms. The third-order valence-corrected chi connectivity index (χ3v) is 6.75. The number of hydrogen-bond acceptors (Lipinski definition) is 6. The molecule has 4 aromatic rings. The molecule has 0 atom stereocenters. The summed E-state index contributed by atoms with van der Waals surface area (Å²) in [7, 11) is 0. The molecular weight excluding hydrogens is 662 g/mol. The van der Waals surface area contributed by atoms with Gasteiger partial charge in [0, 0.05) is 24.3 Å². The van der Waals surface area contributed by atoms with E-state index < -0.39 is 85.0 Å². The first kappa shape index (κ1) is 34.5. The predicted octanol–water partition coefficient (Wildman–Crippen LogP) is 9.17. The normalized spacial score (nSPS) is 12.8. The monoisotopic (exact) mass is 678 g/mol. The predicted molar refractivity (Wildman–Crippen MR) is 141 cm³/mol. The number of nitro benzene ring substituents is 2. The molecule has 0 saturated heterocycles. The van der Waals surface area contributed by atoms with Gasteiger partial charge in [0.25, 0.3) is 11.4 Å². The van der Waals surface area contributed by atoms with Crippen molar-refractivity contribution in [3.05, 3.63) is 140 Å². The summed E-state index contributed by atoms with van der Waals surface area (Å²) >= 11 is 0. The highest BCUT2D eigenvalue weighted by atomic mass is 19.4. The zero-order chi connectivity index (χ0) is 35.0. The maximum absolute atomic E-state index is 14.8. The minimum absolute atomic E-state index is 0.129. The van der Waals surface area contributed by atoms with Gasteiger partial charge in [0.2, 0.25) is 5.41 Å². The van der Waals surface area contributed by atoms with Gasteiger partial charge in [-0.05, 0) is 59.7 Å². The number of benzene rings is 4. The molecule has 4 aromatic carbocycles. The van der Waals surface area contributed by atoms with Crippen molar-refractivity contribution in [1.82, 2.24) is 0 Å². The highest BCUT2D eigenvalue weighted by Gasteiger charge is 2.72. The molecule has 0 saturated carbocycles. The molecule has 47 heavy (non-hydrogen) atoms. The Bertz CT molecular complexity index is 1610. The summed E-state index contributed by atoms with van der Waals surface area (Å²) in [5, 5.41) is 21.5. The van der Waals surface area contributed by atoms with Crippen LogP contribution in [0, 0.1) is 20.2 Å². The second-order valence-electron chi connectivity index (χ2n) is 9.64. The Hall–Kier alpha value is -5.42. The van der Waals surface area contributed by atoms with Gasteiger partial charge in [0.05, 0.1) is 21.0 Å². The van der Waals surface area contributed by atoms with E-state index in [0.29, 0.717) is 0 Å². The molecule has 0 aliphatic carbocycles. The molecule has 0 N–H and O–H groups in total. The number of ether oxygens (including phenoxy) is 2. The van der Waals surface area contributed by atoms with E-state index >= 15 is 0 Å². The first-order chi connectivity index (χ1) is 21.7. The van der Waals surface area contributed by atoms with Crippen molar-refractivity contribution in [1.29, 1.82) is 0 Å². The standard InChI is InChI=1S/C29H16F10N2O6/c30-26(31,46-23-13-9-21(10-14-23)40(42)43)19-5-1-17(2-6-19)25(28(34,35)36,29(37,38)39)18-3-7-20(8-4-18)27(32,33)47-24-15-11-22(12-16-24)41(44)45/h1-16H. The number of rotatable bonds is 10. The minimum atomic E-state index is -6.19. The quantitative estimate of drug-likeness (QED) is 0.0941. The zero-order valence-electron chi connectivity index (χ0n) is 22.9. The highest BCUT2D eigenvalue weighted by Crippen LogP contribution is 2.56. The molecule has 0 radical (unpaired) electrons. The van der Waals surface area contributed by atoms with Crippen molar-refractivity contribution in [2.75, 3.05) is 0 Å². The van der Waals surface area contributed by atoms with Gasteiger partial charge in [-0.1, -0.05) is 24.3 Å². The summed E-state index contributed by atoms with van der Waals surface area (Å²) < 4.78 is 155. The van der Waals surface area contributed by atoms with Crippen LogP contribution >= 0.6 is 0 Å². The summed E-state index contributed by atoms with van der Waals surface area (Å²) in [5.74, 6) is -1.22. The lowest BCUT2D eigenvalue weighted by Gasteiger charge is -2.38. The SMILES string of the molecule is O=[N+]([O-])c1ccc(OC(F)(F)c2ccc(C(c3ccc(C(F)(F)Oc4ccc([N+](=O)[O-])cc4)cc3)(C(F)(F)F)C(F)(F)F)cc2)cc1. The van der Waals surface area contributed by atoms with E-state index in [9.17, 15) is 64.1 Å². The van der Waals surface area contributed by atoms with Gasteiger partial charge in [-0.25, -0.2) is 0 Å². The molecule has 8 nitrogen and oxygen atoms in total. The van der Waals surface area contributed by atoms with Crippen molar-refractivity contribution < 1.29 is 63.2 Å². The highest BCUT2D eigenvalue weighted by molar-refractivity contribution is 5.47. The maximum atomic E-state index is 14.8. The molecule has 0 spiro atoms. The molecule has 0 heterocycles. The third kappa shape index (κ3) is 6.75. The summed E-state index contributed by atoms with van der Waals surface area (Å²) in [5.41, 5.74) is -11.4. The molecule has 0 aromatic heterocycles. The molecule has 0 unspecified atom stereocenters. The van der Waals surface area contributed by atoms with Crippen LogP contribution in [0.4, 0.5) is 55.3 Å². The molecule has 4 rings (SSSR count). The Kier molecular flexibility index (Phi) is 8.85. The van der Waals surface area contributed by atoms with Crippen LogP contribution in [0.3, 0.4) is 0 Å². The molecule has 0 bridgehead atoms. The van der Waals surface area contributed by atoms with E-state index in [-0.39, 0.29) is 48.5 Å². The number of non-ortho nitro benzene ring substituents is 2. The average Bonchev–Trinajstić information content (AvgIpc) is 2.97. The van der Waals surface area contributed by atoms with Crippen molar-refractivity contribution in [2.24, 2.45) is 0 Å². The zero-order valence-corrected chi connectivity index (χ0v) is 22.9. The van der Waals surface area contributed by atoms with Crippen LogP contribution in [-0.4, -0.2) is 22.2 Å². The summed E-state index contributed by atoms with van der Waals surface area (Å²) in [6.45, 7) is 0. The maximum Gasteiger partial charge on any atom is 0.426 e. The Labute approximate surface area is 256 Å². The lowest BCUT2D eigenvalue weighted by molar-refractivity contribution is -0.385. The average molecular weight is 678 g/mol. The van der Waals surface area contributed by atoms with E-state index in [2.05, 4.69) is 9.47 Å². The van der Waals surface area contributed by atoms with Crippen LogP contribution in [0.5, 0.6) is 11.5 Å².